The lowest BCUT2D eigenvalue weighted by Gasteiger charge is -2.34. The second-order valence-corrected chi connectivity index (χ2v) is 8.93. The first-order chi connectivity index (χ1) is 13.4. The molecule has 3 aromatic rings. The number of hydrogen-bond acceptors (Lipinski definition) is 3. The number of halogens is 2. The zero-order valence-corrected chi connectivity index (χ0v) is 16.4. The molecule has 1 aromatic carbocycles. The first-order valence-electron chi connectivity index (χ1n) is 9.40. The fourth-order valence-corrected chi connectivity index (χ4v) is 5.18. The number of benzene rings is 1. The number of fused-ring (bicyclic) bond motifs is 2. The van der Waals surface area contributed by atoms with E-state index in [0.717, 1.165) is 49.6 Å². The van der Waals surface area contributed by atoms with E-state index in [9.17, 15) is 8.78 Å². The minimum absolute atomic E-state index is 0.0169. The molecule has 5 rings (SSSR count). The minimum Gasteiger partial charge on any atom is -0.351 e. The summed E-state index contributed by atoms with van der Waals surface area (Å²) in [5.74, 6) is -2.35. The lowest BCUT2D eigenvalue weighted by molar-refractivity contribution is -0.109. The molecule has 142 valence electrons. The maximum atomic E-state index is 13.1. The second-order valence-electron chi connectivity index (χ2n) is 7.81. The Morgan fingerprint density at radius 1 is 1.21 bits per heavy atom. The highest BCUT2D eigenvalue weighted by Crippen LogP contribution is 2.45. The lowest BCUT2D eigenvalue weighted by Crippen LogP contribution is -2.36. The molecule has 0 spiro atoms. The van der Waals surface area contributed by atoms with Gasteiger partial charge in [0, 0.05) is 53.2 Å². The van der Waals surface area contributed by atoms with E-state index in [4.69, 9.17) is 4.98 Å². The maximum absolute atomic E-state index is 13.1. The average Bonchev–Trinajstić information content (AvgIpc) is 3.04. The zero-order chi connectivity index (χ0) is 19.5. The predicted octanol–water partition coefficient (Wildman–Crippen LogP) is 6.44. The van der Waals surface area contributed by atoms with Gasteiger partial charge in [-0.05, 0) is 48.2 Å². The van der Waals surface area contributed by atoms with E-state index in [1.807, 2.05) is 24.2 Å². The fourth-order valence-electron chi connectivity index (χ4n) is 4.04. The molecule has 2 aromatic heterocycles. The maximum Gasteiger partial charge on any atom is 0.248 e. The molecule has 2 aliphatic rings. The number of hydrogen-bond donors (Lipinski definition) is 0. The van der Waals surface area contributed by atoms with Gasteiger partial charge in [0.25, 0.3) is 0 Å². The van der Waals surface area contributed by atoms with E-state index < -0.39 is 5.92 Å². The number of pyridine rings is 1. The summed E-state index contributed by atoms with van der Waals surface area (Å²) in [7, 11) is 1.99. The van der Waals surface area contributed by atoms with Crippen LogP contribution in [-0.4, -0.2) is 22.9 Å². The molecule has 0 unspecified atom stereocenters. The molecule has 2 nitrogen and oxygen atoms in total. The molecule has 1 aliphatic heterocycles. The van der Waals surface area contributed by atoms with E-state index >= 15 is 0 Å². The van der Waals surface area contributed by atoms with E-state index in [1.165, 1.54) is 0 Å². The van der Waals surface area contributed by atoms with Crippen LogP contribution in [0.15, 0.2) is 49.2 Å². The number of rotatable bonds is 3. The summed E-state index contributed by atoms with van der Waals surface area (Å²) in [5, 5.41) is 1.09. The molecule has 0 N–H and O–H groups in total. The van der Waals surface area contributed by atoms with Crippen molar-refractivity contribution in [3.8, 4) is 11.3 Å². The third-order valence-corrected chi connectivity index (χ3v) is 6.73. The fraction of sp³-hybridized carbons (Fsp3) is 0.261. The normalized spacial score (nSPS) is 18.4. The van der Waals surface area contributed by atoms with Gasteiger partial charge in [0.15, 0.2) is 0 Å². The molecular formula is C23H20F2N2S. The van der Waals surface area contributed by atoms with Gasteiger partial charge in [0.05, 0.1) is 5.69 Å². The second kappa shape index (κ2) is 6.24. The minimum atomic E-state index is -2.45. The summed E-state index contributed by atoms with van der Waals surface area (Å²) in [6, 6.07) is 12.5. The van der Waals surface area contributed by atoms with Crippen molar-refractivity contribution in [1.82, 2.24) is 9.88 Å². The van der Waals surface area contributed by atoms with Crippen LogP contribution in [0.25, 0.3) is 33.2 Å². The van der Waals surface area contributed by atoms with Crippen molar-refractivity contribution < 1.29 is 8.78 Å². The number of aromatic nitrogens is 1. The number of nitrogens with zero attached hydrogens (tertiary/aromatic N) is 2. The Morgan fingerprint density at radius 3 is 2.82 bits per heavy atom. The van der Waals surface area contributed by atoms with Crippen molar-refractivity contribution in [3.63, 3.8) is 0 Å². The number of thiophene rings is 1. The van der Waals surface area contributed by atoms with Gasteiger partial charge in [-0.15, -0.1) is 11.3 Å². The monoisotopic (exact) mass is 394 g/mol. The molecule has 1 fully saturated rings. The highest BCUT2D eigenvalue weighted by atomic mass is 32.1. The largest absolute Gasteiger partial charge is 0.351 e. The molecule has 0 saturated heterocycles. The van der Waals surface area contributed by atoms with Crippen LogP contribution in [0.5, 0.6) is 0 Å². The van der Waals surface area contributed by atoms with Crippen LogP contribution in [0.4, 0.5) is 8.78 Å². The van der Waals surface area contributed by atoms with Crippen LogP contribution >= 0.6 is 11.3 Å². The van der Waals surface area contributed by atoms with Crippen LogP contribution in [0, 0.1) is 5.92 Å². The first-order valence-corrected chi connectivity index (χ1v) is 10.2. The average molecular weight is 394 g/mol. The van der Waals surface area contributed by atoms with Crippen molar-refractivity contribution in [2.24, 2.45) is 5.92 Å². The van der Waals surface area contributed by atoms with Gasteiger partial charge in [-0.25, -0.2) is 13.8 Å². The van der Waals surface area contributed by atoms with E-state index in [-0.39, 0.29) is 18.8 Å². The summed E-state index contributed by atoms with van der Waals surface area (Å²) < 4.78 is 26.2. The van der Waals surface area contributed by atoms with Crippen LogP contribution in [0.3, 0.4) is 0 Å². The smallest absolute Gasteiger partial charge is 0.248 e. The van der Waals surface area contributed by atoms with Crippen molar-refractivity contribution in [2.75, 3.05) is 7.05 Å². The summed E-state index contributed by atoms with van der Waals surface area (Å²) in [6.07, 6.45) is 4.86. The van der Waals surface area contributed by atoms with Crippen LogP contribution in [-0.2, 0) is 6.42 Å². The Labute approximate surface area is 166 Å². The zero-order valence-electron chi connectivity index (χ0n) is 15.6. The summed E-state index contributed by atoms with van der Waals surface area (Å²) >= 11 is 1.62. The Balaban J connectivity index is 1.43. The highest BCUT2D eigenvalue weighted by Gasteiger charge is 2.45. The summed E-state index contributed by atoms with van der Waals surface area (Å²) in [4.78, 5) is 8.97. The molecule has 0 radical (unpaired) electrons. The van der Waals surface area contributed by atoms with E-state index in [1.54, 1.807) is 11.3 Å². The Hall–Kier alpha value is -2.53. The molecular weight excluding hydrogens is 374 g/mol. The van der Waals surface area contributed by atoms with Gasteiger partial charge in [0.1, 0.15) is 4.83 Å². The standard InChI is InChI=1S/C23H20F2N2S/c1-14-20-5-3-17(10-16(20)7-8-27(14)2)21-6-4-18-11-19(28-22(18)26-21)9-15-12-23(24,25)13-15/h3-8,10-11,15H,1,9,12-13H2,2H3. The molecule has 3 heterocycles. The third-order valence-electron chi connectivity index (χ3n) is 5.66. The van der Waals surface area contributed by atoms with Crippen LogP contribution < -0.4 is 0 Å². The van der Waals surface area contributed by atoms with Gasteiger partial charge in [0.2, 0.25) is 5.92 Å². The number of alkyl halides is 2. The van der Waals surface area contributed by atoms with E-state index in [2.05, 4.69) is 43.0 Å². The van der Waals surface area contributed by atoms with Crippen molar-refractivity contribution in [3.05, 3.63) is 65.2 Å². The predicted molar refractivity (Wildman–Crippen MR) is 112 cm³/mol. The quantitative estimate of drug-likeness (QED) is 0.508. The van der Waals surface area contributed by atoms with Gasteiger partial charge in [-0.3, -0.25) is 0 Å². The summed E-state index contributed by atoms with van der Waals surface area (Å²) in [6.45, 7) is 4.14. The van der Waals surface area contributed by atoms with Crippen molar-refractivity contribution in [1.29, 1.82) is 0 Å². The van der Waals surface area contributed by atoms with Crippen molar-refractivity contribution >= 4 is 33.3 Å². The first kappa shape index (κ1) is 17.6. The Kier molecular flexibility index (Phi) is 3.91. The lowest BCUT2D eigenvalue weighted by atomic mass is 9.79. The molecule has 0 atom stereocenters. The molecule has 28 heavy (non-hydrogen) atoms. The van der Waals surface area contributed by atoms with Gasteiger partial charge in [-0.2, -0.15) is 0 Å². The third kappa shape index (κ3) is 3.04. The van der Waals surface area contributed by atoms with Crippen molar-refractivity contribution in [2.45, 2.75) is 25.2 Å². The molecule has 0 amide bonds. The highest BCUT2D eigenvalue weighted by molar-refractivity contribution is 7.18. The molecule has 5 heteroatoms. The van der Waals surface area contributed by atoms with Crippen LogP contribution in [0.1, 0.15) is 28.8 Å². The van der Waals surface area contributed by atoms with Gasteiger partial charge in [-0.1, -0.05) is 18.7 Å². The summed E-state index contributed by atoms with van der Waals surface area (Å²) in [5.41, 5.74) is 5.25. The van der Waals surface area contributed by atoms with Crippen LogP contribution in [0.2, 0.25) is 0 Å². The molecule has 1 saturated carbocycles. The van der Waals surface area contributed by atoms with Gasteiger partial charge < -0.3 is 4.90 Å². The Morgan fingerprint density at radius 2 is 2.04 bits per heavy atom. The Bertz CT molecular complexity index is 1120. The molecule has 0 bridgehead atoms. The van der Waals surface area contributed by atoms with Gasteiger partial charge >= 0.3 is 0 Å². The molecule has 1 aliphatic carbocycles. The topological polar surface area (TPSA) is 16.1 Å². The SMILES string of the molecule is C=C1c2ccc(-c3ccc4cc(CC5CC(F)(F)C5)sc4n3)cc2C=CN1C. The van der Waals surface area contributed by atoms with E-state index in [0.29, 0.717) is 0 Å².